The number of fused-ring (bicyclic) bond motifs is 1. The van der Waals surface area contributed by atoms with Crippen LogP contribution < -0.4 is 5.32 Å². The highest BCUT2D eigenvalue weighted by atomic mass is 35.5. The first kappa shape index (κ1) is 27.4. The van der Waals surface area contributed by atoms with Crippen molar-refractivity contribution in [3.8, 4) is 11.8 Å². The highest BCUT2D eigenvalue weighted by molar-refractivity contribution is 7.99. The van der Waals surface area contributed by atoms with Crippen molar-refractivity contribution in [2.24, 2.45) is 11.3 Å². The van der Waals surface area contributed by atoms with E-state index in [1.165, 1.54) is 16.6 Å². The van der Waals surface area contributed by atoms with Gasteiger partial charge in [0.1, 0.15) is 16.9 Å². The van der Waals surface area contributed by atoms with Gasteiger partial charge in [-0.05, 0) is 66.0 Å². The van der Waals surface area contributed by atoms with Crippen LogP contribution >= 0.6 is 34.7 Å². The Hall–Kier alpha value is -3.12. The smallest absolute Gasteiger partial charge is 0.235 e. The number of rotatable bonds is 7. The first-order valence-corrected chi connectivity index (χ1v) is 15.1. The standard InChI is InChI=1S/C30H30ClN5OS2/c1-30(2,3)20-9-14-23-24(17-32)28(39-25(23)16-20)33-27(37)18-38-29-35-34-26(15-19-7-5-4-6-8-19)36(29)22-12-10-21(31)11-13-22/h4-8,10-13,20H,9,14-16,18H2,1-3H3,(H,33,37)/t20-/m0/s1. The van der Waals surface area contributed by atoms with Crippen molar-refractivity contribution in [2.45, 2.75) is 51.6 Å². The molecule has 2 heterocycles. The summed E-state index contributed by atoms with van der Waals surface area (Å²) in [6.45, 7) is 6.82. The third-order valence-corrected chi connectivity index (χ3v) is 9.53. The third-order valence-electron chi connectivity index (χ3n) is 7.18. The van der Waals surface area contributed by atoms with Gasteiger partial charge < -0.3 is 5.32 Å². The zero-order chi connectivity index (χ0) is 27.6. The Bertz CT molecular complexity index is 1510. The lowest BCUT2D eigenvalue weighted by atomic mass is 9.72. The molecule has 4 aromatic rings. The molecule has 1 amide bonds. The average Bonchev–Trinajstić information content (AvgIpc) is 3.47. The Balaban J connectivity index is 1.33. The summed E-state index contributed by atoms with van der Waals surface area (Å²) >= 11 is 9.01. The van der Waals surface area contributed by atoms with Crippen LogP contribution in [0, 0.1) is 22.7 Å². The molecular weight excluding hydrogens is 546 g/mol. The normalized spacial score (nSPS) is 15.0. The lowest BCUT2D eigenvalue weighted by Gasteiger charge is -2.33. The molecule has 0 radical (unpaired) electrons. The summed E-state index contributed by atoms with van der Waals surface area (Å²) in [6.07, 6.45) is 3.51. The topological polar surface area (TPSA) is 83.6 Å². The minimum absolute atomic E-state index is 0.148. The number of thioether (sulfide) groups is 1. The van der Waals surface area contributed by atoms with Crippen LogP contribution in [0.15, 0.2) is 59.8 Å². The molecule has 1 N–H and O–H groups in total. The van der Waals surface area contributed by atoms with Crippen molar-refractivity contribution in [3.05, 3.63) is 87.0 Å². The third kappa shape index (κ3) is 6.22. The molecule has 5 rings (SSSR count). The van der Waals surface area contributed by atoms with E-state index in [0.717, 1.165) is 41.9 Å². The number of benzene rings is 2. The number of carbonyl (C=O) groups excluding carboxylic acids is 1. The van der Waals surface area contributed by atoms with Crippen LogP contribution in [-0.2, 0) is 24.1 Å². The van der Waals surface area contributed by atoms with Gasteiger partial charge in [0.25, 0.3) is 0 Å². The number of aromatic nitrogens is 3. The number of anilines is 1. The van der Waals surface area contributed by atoms with Gasteiger partial charge in [-0.1, -0.05) is 74.5 Å². The molecule has 9 heteroatoms. The summed E-state index contributed by atoms with van der Waals surface area (Å²) in [5.41, 5.74) is 3.95. The number of nitriles is 1. The molecule has 1 atom stereocenters. The van der Waals surface area contributed by atoms with Gasteiger partial charge in [0.05, 0.1) is 11.3 Å². The molecule has 200 valence electrons. The van der Waals surface area contributed by atoms with E-state index in [9.17, 15) is 10.1 Å². The van der Waals surface area contributed by atoms with Crippen LogP contribution in [0.5, 0.6) is 0 Å². The van der Waals surface area contributed by atoms with Gasteiger partial charge in [0.2, 0.25) is 5.91 Å². The fourth-order valence-corrected chi connectivity index (χ4v) is 7.15. The fourth-order valence-electron chi connectivity index (χ4n) is 4.96. The number of halogens is 1. The van der Waals surface area contributed by atoms with E-state index in [1.807, 2.05) is 47.0 Å². The molecule has 0 fully saturated rings. The lowest BCUT2D eigenvalue weighted by Crippen LogP contribution is -2.26. The van der Waals surface area contributed by atoms with Crippen LogP contribution in [0.4, 0.5) is 5.00 Å². The second-order valence-corrected chi connectivity index (χ2v) is 13.3. The van der Waals surface area contributed by atoms with Crippen molar-refractivity contribution in [2.75, 3.05) is 11.1 Å². The summed E-state index contributed by atoms with van der Waals surface area (Å²) in [5, 5.41) is 23.7. The summed E-state index contributed by atoms with van der Waals surface area (Å²) in [4.78, 5) is 14.3. The van der Waals surface area contributed by atoms with E-state index in [0.29, 0.717) is 33.1 Å². The first-order valence-electron chi connectivity index (χ1n) is 12.9. The first-order chi connectivity index (χ1) is 18.7. The summed E-state index contributed by atoms with van der Waals surface area (Å²) in [6, 6.07) is 19.9. The quantitative estimate of drug-likeness (QED) is 0.233. The van der Waals surface area contributed by atoms with E-state index in [4.69, 9.17) is 11.6 Å². The Labute approximate surface area is 242 Å². The maximum atomic E-state index is 13.1. The number of thiophene rings is 1. The van der Waals surface area contributed by atoms with Crippen molar-refractivity contribution < 1.29 is 4.79 Å². The maximum Gasteiger partial charge on any atom is 0.235 e. The lowest BCUT2D eigenvalue weighted by molar-refractivity contribution is -0.113. The predicted octanol–water partition coefficient (Wildman–Crippen LogP) is 7.33. The summed E-state index contributed by atoms with van der Waals surface area (Å²) in [5.74, 6) is 1.32. The number of hydrogen-bond acceptors (Lipinski definition) is 6. The average molecular weight is 576 g/mol. The number of hydrogen-bond donors (Lipinski definition) is 1. The van der Waals surface area contributed by atoms with E-state index in [2.05, 4.69) is 54.5 Å². The zero-order valence-electron chi connectivity index (χ0n) is 22.2. The predicted molar refractivity (Wildman–Crippen MR) is 159 cm³/mol. The minimum atomic E-state index is -0.169. The second kappa shape index (κ2) is 11.5. The van der Waals surface area contributed by atoms with Crippen LogP contribution in [0.3, 0.4) is 0 Å². The van der Waals surface area contributed by atoms with E-state index in [-0.39, 0.29) is 17.1 Å². The van der Waals surface area contributed by atoms with E-state index < -0.39 is 0 Å². The van der Waals surface area contributed by atoms with Crippen molar-refractivity contribution in [3.63, 3.8) is 0 Å². The minimum Gasteiger partial charge on any atom is -0.316 e. The molecule has 2 aromatic carbocycles. The molecule has 1 aliphatic rings. The molecule has 0 aliphatic heterocycles. The van der Waals surface area contributed by atoms with Gasteiger partial charge in [0.15, 0.2) is 5.16 Å². The number of carbonyl (C=O) groups is 1. The number of nitrogens with zero attached hydrogens (tertiary/aromatic N) is 4. The van der Waals surface area contributed by atoms with Crippen LogP contribution in [0.25, 0.3) is 5.69 Å². The van der Waals surface area contributed by atoms with Gasteiger partial charge in [0, 0.05) is 22.0 Å². The molecule has 0 unspecified atom stereocenters. The summed E-state index contributed by atoms with van der Waals surface area (Å²) in [7, 11) is 0. The Morgan fingerprint density at radius 1 is 1.18 bits per heavy atom. The SMILES string of the molecule is CC(C)(C)[C@H]1CCc2c(sc(NC(=O)CSc3nnc(Cc4ccccc4)n3-c3ccc(Cl)cc3)c2C#N)C1. The number of nitrogens with one attached hydrogen (secondary N) is 1. The van der Waals surface area contributed by atoms with Crippen molar-refractivity contribution in [1.29, 1.82) is 5.26 Å². The van der Waals surface area contributed by atoms with E-state index >= 15 is 0 Å². The van der Waals surface area contributed by atoms with Crippen LogP contribution in [0.1, 0.15) is 54.6 Å². The Morgan fingerprint density at radius 3 is 2.62 bits per heavy atom. The molecular formula is C30H30ClN5OS2. The van der Waals surface area contributed by atoms with Gasteiger partial charge in [-0.25, -0.2) is 0 Å². The molecule has 6 nitrogen and oxygen atoms in total. The molecule has 1 aliphatic carbocycles. The molecule has 0 spiro atoms. The highest BCUT2D eigenvalue weighted by Crippen LogP contribution is 2.44. The maximum absolute atomic E-state index is 13.1. The van der Waals surface area contributed by atoms with Crippen LogP contribution in [0.2, 0.25) is 5.02 Å². The molecule has 0 saturated heterocycles. The molecule has 39 heavy (non-hydrogen) atoms. The zero-order valence-corrected chi connectivity index (χ0v) is 24.6. The largest absolute Gasteiger partial charge is 0.316 e. The van der Waals surface area contributed by atoms with E-state index in [1.54, 1.807) is 11.3 Å². The van der Waals surface area contributed by atoms with Crippen LogP contribution in [-0.4, -0.2) is 26.4 Å². The molecule has 0 bridgehead atoms. The van der Waals surface area contributed by atoms with Crippen molar-refractivity contribution in [1.82, 2.24) is 14.8 Å². The Morgan fingerprint density at radius 2 is 1.92 bits per heavy atom. The highest BCUT2D eigenvalue weighted by Gasteiger charge is 2.32. The van der Waals surface area contributed by atoms with Gasteiger partial charge in [-0.3, -0.25) is 9.36 Å². The summed E-state index contributed by atoms with van der Waals surface area (Å²) < 4.78 is 1.97. The Kier molecular flexibility index (Phi) is 8.13. The van der Waals surface area contributed by atoms with Crippen molar-refractivity contribution >= 4 is 45.6 Å². The second-order valence-electron chi connectivity index (χ2n) is 10.8. The fraction of sp³-hybridized carbons (Fsp3) is 0.333. The number of amides is 1. The monoisotopic (exact) mass is 575 g/mol. The van der Waals surface area contributed by atoms with Gasteiger partial charge in [-0.2, -0.15) is 5.26 Å². The van der Waals surface area contributed by atoms with Gasteiger partial charge in [-0.15, -0.1) is 21.5 Å². The van der Waals surface area contributed by atoms with Gasteiger partial charge >= 0.3 is 0 Å². The molecule has 0 saturated carbocycles. The molecule has 2 aromatic heterocycles.